The Hall–Kier alpha value is -2.47. The SMILES string of the molecule is Cc1nn(C)c(C)c1S(=O)(=O)N1CCN(c2ccnc(C(F)(F)F)c2)C(=O)C1. The molecule has 8 nitrogen and oxygen atoms in total. The molecule has 2 aromatic heterocycles. The zero-order valence-electron chi connectivity index (χ0n) is 15.4. The highest BCUT2D eigenvalue weighted by Crippen LogP contribution is 2.31. The van der Waals surface area contributed by atoms with Gasteiger partial charge in [-0.2, -0.15) is 22.6 Å². The lowest BCUT2D eigenvalue weighted by atomic mass is 10.2. The highest BCUT2D eigenvalue weighted by atomic mass is 32.2. The van der Waals surface area contributed by atoms with Crippen molar-refractivity contribution in [3.8, 4) is 0 Å². The van der Waals surface area contributed by atoms with Crippen molar-refractivity contribution in [2.24, 2.45) is 7.05 Å². The second-order valence-electron chi connectivity index (χ2n) is 6.40. The van der Waals surface area contributed by atoms with Gasteiger partial charge in [-0.3, -0.25) is 14.5 Å². The number of alkyl halides is 3. The van der Waals surface area contributed by atoms with Gasteiger partial charge in [0, 0.05) is 32.0 Å². The van der Waals surface area contributed by atoms with E-state index in [0.717, 1.165) is 21.5 Å². The van der Waals surface area contributed by atoms with Gasteiger partial charge in [0.15, 0.2) is 0 Å². The molecule has 1 aliphatic heterocycles. The third-order valence-corrected chi connectivity index (χ3v) is 6.67. The van der Waals surface area contributed by atoms with Crippen LogP contribution in [-0.4, -0.2) is 53.0 Å². The molecular formula is C16H18F3N5O3S. The molecule has 0 aliphatic carbocycles. The van der Waals surface area contributed by atoms with Crippen LogP contribution in [-0.2, 0) is 28.0 Å². The summed E-state index contributed by atoms with van der Waals surface area (Å²) in [6.07, 6.45) is -3.67. The Labute approximate surface area is 159 Å². The topological polar surface area (TPSA) is 88.4 Å². The summed E-state index contributed by atoms with van der Waals surface area (Å²) in [7, 11) is -2.35. The molecule has 3 heterocycles. The maximum absolute atomic E-state index is 13.0. The van der Waals surface area contributed by atoms with E-state index in [4.69, 9.17) is 0 Å². The predicted molar refractivity (Wildman–Crippen MR) is 93.0 cm³/mol. The van der Waals surface area contributed by atoms with Crippen molar-refractivity contribution in [2.75, 3.05) is 24.5 Å². The summed E-state index contributed by atoms with van der Waals surface area (Å²) in [4.78, 5) is 17.0. The van der Waals surface area contributed by atoms with E-state index in [-0.39, 0.29) is 23.7 Å². The molecule has 1 amide bonds. The van der Waals surface area contributed by atoms with Crippen LogP contribution in [0.5, 0.6) is 0 Å². The Bertz CT molecular complexity index is 1030. The Morgan fingerprint density at radius 3 is 2.39 bits per heavy atom. The van der Waals surface area contributed by atoms with E-state index in [1.54, 1.807) is 20.9 Å². The summed E-state index contributed by atoms with van der Waals surface area (Å²) >= 11 is 0. The van der Waals surface area contributed by atoms with Crippen LogP contribution in [0, 0.1) is 13.8 Å². The van der Waals surface area contributed by atoms with Crippen LogP contribution >= 0.6 is 0 Å². The summed E-state index contributed by atoms with van der Waals surface area (Å²) in [5, 5.41) is 4.09. The van der Waals surface area contributed by atoms with Crippen LogP contribution < -0.4 is 4.90 Å². The molecule has 0 spiro atoms. The first-order chi connectivity index (χ1) is 12.9. The monoisotopic (exact) mass is 417 g/mol. The Balaban J connectivity index is 1.85. The Morgan fingerprint density at radius 1 is 1.18 bits per heavy atom. The first-order valence-electron chi connectivity index (χ1n) is 8.27. The van der Waals surface area contributed by atoms with E-state index in [1.807, 2.05) is 0 Å². The van der Waals surface area contributed by atoms with Gasteiger partial charge in [0.25, 0.3) is 0 Å². The van der Waals surface area contributed by atoms with Crippen LogP contribution in [0.4, 0.5) is 18.9 Å². The number of aromatic nitrogens is 3. The molecule has 12 heteroatoms. The second kappa shape index (κ2) is 6.85. The van der Waals surface area contributed by atoms with Gasteiger partial charge in [-0.1, -0.05) is 0 Å². The van der Waals surface area contributed by atoms with Gasteiger partial charge in [-0.25, -0.2) is 8.42 Å². The van der Waals surface area contributed by atoms with Gasteiger partial charge in [0.2, 0.25) is 15.9 Å². The molecule has 3 rings (SSSR count). The molecule has 28 heavy (non-hydrogen) atoms. The van der Waals surface area contributed by atoms with Gasteiger partial charge in [-0.05, 0) is 26.0 Å². The Morgan fingerprint density at radius 2 is 1.86 bits per heavy atom. The maximum Gasteiger partial charge on any atom is 0.433 e. The quantitative estimate of drug-likeness (QED) is 0.755. The maximum atomic E-state index is 13.0. The molecule has 0 aromatic carbocycles. The average molecular weight is 417 g/mol. The predicted octanol–water partition coefficient (Wildman–Crippen LogP) is 1.49. The van der Waals surface area contributed by atoms with Gasteiger partial charge < -0.3 is 4.90 Å². The van der Waals surface area contributed by atoms with E-state index in [0.29, 0.717) is 11.4 Å². The number of amides is 1. The molecule has 1 fully saturated rings. The summed E-state index contributed by atoms with van der Waals surface area (Å²) in [5.41, 5.74) is -0.331. The fourth-order valence-electron chi connectivity index (χ4n) is 3.13. The van der Waals surface area contributed by atoms with E-state index in [2.05, 4.69) is 10.1 Å². The Kier molecular flexibility index (Phi) is 4.96. The largest absolute Gasteiger partial charge is 0.433 e. The fraction of sp³-hybridized carbons (Fsp3) is 0.438. The van der Waals surface area contributed by atoms with E-state index < -0.39 is 34.3 Å². The minimum Gasteiger partial charge on any atom is -0.310 e. The number of hydrogen-bond acceptors (Lipinski definition) is 5. The molecule has 0 atom stereocenters. The number of carbonyl (C=O) groups is 1. The minimum absolute atomic E-state index is 0.0260. The minimum atomic E-state index is -4.64. The number of nitrogens with zero attached hydrogens (tertiary/aromatic N) is 5. The van der Waals surface area contributed by atoms with E-state index in [9.17, 15) is 26.4 Å². The molecule has 152 valence electrons. The molecule has 0 unspecified atom stereocenters. The first-order valence-corrected chi connectivity index (χ1v) is 9.71. The third-order valence-electron chi connectivity index (χ3n) is 4.57. The number of anilines is 1. The van der Waals surface area contributed by atoms with Crippen molar-refractivity contribution in [3.05, 3.63) is 35.4 Å². The number of pyridine rings is 1. The summed E-state index contributed by atoms with van der Waals surface area (Å²) in [6, 6.07) is 2.06. The molecule has 1 saturated heterocycles. The van der Waals surface area contributed by atoms with Gasteiger partial charge in [0.1, 0.15) is 10.6 Å². The second-order valence-corrected chi connectivity index (χ2v) is 8.28. The first kappa shape index (κ1) is 20.3. The van der Waals surface area contributed by atoms with Crippen LogP contribution in [0.1, 0.15) is 17.1 Å². The number of carbonyl (C=O) groups excluding carboxylic acids is 1. The van der Waals surface area contributed by atoms with Gasteiger partial charge >= 0.3 is 6.18 Å². The van der Waals surface area contributed by atoms with Crippen LogP contribution in [0.3, 0.4) is 0 Å². The number of sulfonamides is 1. The summed E-state index contributed by atoms with van der Waals surface area (Å²) in [5.74, 6) is -0.617. The van der Waals surface area contributed by atoms with Crippen molar-refractivity contribution >= 4 is 21.6 Å². The fourth-order valence-corrected chi connectivity index (χ4v) is 4.91. The average Bonchev–Trinajstić information content (AvgIpc) is 2.86. The number of piperazine rings is 1. The zero-order valence-corrected chi connectivity index (χ0v) is 16.2. The van der Waals surface area contributed by atoms with Crippen molar-refractivity contribution in [1.29, 1.82) is 0 Å². The van der Waals surface area contributed by atoms with Gasteiger partial charge in [-0.15, -0.1) is 0 Å². The standard InChI is InChI=1S/C16H18F3N5O3S/c1-10-15(11(2)22(3)21-10)28(26,27)23-6-7-24(14(25)9-23)12-4-5-20-13(8-12)16(17,18)19/h4-5,8H,6-7,9H2,1-3H3. The van der Waals surface area contributed by atoms with Crippen molar-refractivity contribution in [3.63, 3.8) is 0 Å². The van der Waals surface area contributed by atoms with E-state index in [1.165, 1.54) is 10.7 Å². The number of aryl methyl sites for hydroxylation is 2. The zero-order chi connectivity index (χ0) is 20.9. The molecule has 0 saturated carbocycles. The van der Waals surface area contributed by atoms with Crippen LogP contribution in [0.25, 0.3) is 0 Å². The smallest absolute Gasteiger partial charge is 0.310 e. The van der Waals surface area contributed by atoms with Crippen LogP contribution in [0.2, 0.25) is 0 Å². The lowest BCUT2D eigenvalue weighted by molar-refractivity contribution is -0.141. The van der Waals surface area contributed by atoms with Crippen LogP contribution in [0.15, 0.2) is 23.2 Å². The number of hydrogen-bond donors (Lipinski definition) is 0. The van der Waals surface area contributed by atoms with E-state index >= 15 is 0 Å². The molecule has 0 radical (unpaired) electrons. The molecule has 0 N–H and O–H groups in total. The molecule has 0 bridgehead atoms. The highest BCUT2D eigenvalue weighted by molar-refractivity contribution is 7.89. The third kappa shape index (κ3) is 3.49. The normalized spacial score (nSPS) is 16.6. The van der Waals surface area contributed by atoms with Crippen molar-refractivity contribution in [2.45, 2.75) is 24.9 Å². The number of rotatable bonds is 3. The van der Waals surface area contributed by atoms with Crippen molar-refractivity contribution in [1.82, 2.24) is 19.1 Å². The highest BCUT2D eigenvalue weighted by Gasteiger charge is 2.37. The van der Waals surface area contributed by atoms with Crippen molar-refractivity contribution < 1.29 is 26.4 Å². The molecule has 1 aliphatic rings. The lowest BCUT2D eigenvalue weighted by Gasteiger charge is -2.33. The molecule has 2 aromatic rings. The van der Waals surface area contributed by atoms with Gasteiger partial charge in [0.05, 0.1) is 17.9 Å². The summed E-state index contributed by atoms with van der Waals surface area (Å²) in [6.45, 7) is 2.58. The number of halogens is 3. The molecular weight excluding hydrogens is 399 g/mol. The summed E-state index contributed by atoms with van der Waals surface area (Å²) < 4.78 is 66.9. The lowest BCUT2D eigenvalue weighted by Crippen LogP contribution is -2.52.